The molecular weight excluding hydrogens is 437 g/mol. The van der Waals surface area contributed by atoms with Crippen LogP contribution in [0.2, 0.25) is 0 Å². The third-order valence-electron chi connectivity index (χ3n) is 2.59. The van der Waals surface area contributed by atoms with Gasteiger partial charge in [0, 0.05) is 6.42 Å². The molecule has 0 aliphatic heterocycles. The Hall–Kier alpha value is -0.880. The number of alkyl halides is 13. The van der Waals surface area contributed by atoms with E-state index in [4.69, 9.17) is 0 Å². The predicted molar refractivity (Wildman–Crippen MR) is 55.3 cm³/mol. The van der Waals surface area contributed by atoms with E-state index in [2.05, 4.69) is 4.18 Å². The molecule has 1 unspecified atom stereocenters. The van der Waals surface area contributed by atoms with Crippen molar-refractivity contribution in [3.05, 3.63) is 0 Å². The highest BCUT2D eigenvalue weighted by Crippen LogP contribution is 2.60. The SMILES string of the molecule is N.O=S([O-])OCCC(F)(F)C(F)(F)C(F)(F)C(F)(F)C(F)(F)C(F)(F)F. The summed E-state index contributed by atoms with van der Waals surface area (Å²) in [6, 6.07) is 0. The van der Waals surface area contributed by atoms with Gasteiger partial charge in [-0.3, -0.25) is 0 Å². The maximum absolute atomic E-state index is 13.0. The van der Waals surface area contributed by atoms with Crippen molar-refractivity contribution < 1.29 is 70.0 Å². The predicted octanol–water partition coefficient (Wildman–Crippen LogP) is 4.09. The highest BCUT2D eigenvalue weighted by Gasteiger charge is 2.90. The van der Waals surface area contributed by atoms with E-state index in [1.165, 1.54) is 0 Å². The number of halogens is 13. The molecule has 0 rings (SSSR count). The second-order valence-electron chi connectivity index (χ2n) is 4.28. The fraction of sp³-hybridized carbons (Fsp3) is 1.00. The van der Waals surface area contributed by atoms with Gasteiger partial charge in [-0.2, -0.15) is 57.1 Å². The normalized spacial score (nSPS) is 16.2. The summed E-state index contributed by atoms with van der Waals surface area (Å²) >= 11 is -3.62. The van der Waals surface area contributed by atoms with Gasteiger partial charge in [-0.05, 0) is 0 Å². The molecule has 4 nitrogen and oxygen atoms in total. The quantitative estimate of drug-likeness (QED) is 0.452. The van der Waals surface area contributed by atoms with Crippen molar-refractivity contribution in [3.63, 3.8) is 0 Å². The van der Waals surface area contributed by atoms with Crippen molar-refractivity contribution in [3.8, 4) is 0 Å². The summed E-state index contributed by atoms with van der Waals surface area (Å²) in [5.74, 6) is -37.4. The molecule has 0 bridgehead atoms. The van der Waals surface area contributed by atoms with Crippen LogP contribution in [0.15, 0.2) is 0 Å². The maximum atomic E-state index is 13.0. The van der Waals surface area contributed by atoms with Crippen LogP contribution >= 0.6 is 0 Å². The van der Waals surface area contributed by atoms with Gasteiger partial charge >= 0.3 is 35.8 Å². The molecule has 0 amide bonds. The van der Waals surface area contributed by atoms with Gasteiger partial charge in [0.25, 0.3) is 0 Å². The van der Waals surface area contributed by atoms with Crippen molar-refractivity contribution >= 4 is 11.4 Å². The zero-order valence-electron chi connectivity index (χ0n) is 11.7. The van der Waals surface area contributed by atoms with Crippen LogP contribution < -0.4 is 6.15 Å². The van der Waals surface area contributed by atoms with E-state index in [1.807, 2.05) is 0 Å². The molecule has 0 aromatic rings. The van der Waals surface area contributed by atoms with Gasteiger partial charge in [0.15, 0.2) is 0 Å². The smallest absolute Gasteiger partial charge is 0.460 e. The first-order valence-electron chi connectivity index (χ1n) is 5.35. The van der Waals surface area contributed by atoms with Crippen LogP contribution in [0.1, 0.15) is 6.42 Å². The molecule has 0 spiro atoms. The molecule has 0 aliphatic carbocycles. The molecule has 3 N–H and O–H groups in total. The van der Waals surface area contributed by atoms with E-state index < -0.39 is 60.2 Å². The van der Waals surface area contributed by atoms with Crippen LogP contribution in [-0.4, -0.2) is 51.2 Å². The van der Waals surface area contributed by atoms with Crippen LogP contribution in [0.3, 0.4) is 0 Å². The van der Waals surface area contributed by atoms with Gasteiger partial charge in [-0.1, -0.05) is 0 Å². The van der Waals surface area contributed by atoms with Crippen molar-refractivity contribution in [1.82, 2.24) is 6.15 Å². The summed E-state index contributed by atoms with van der Waals surface area (Å²) in [6.07, 6.45) is -10.2. The number of rotatable bonds is 8. The Labute approximate surface area is 137 Å². The topological polar surface area (TPSA) is 84.4 Å². The zero-order valence-corrected chi connectivity index (χ0v) is 12.5. The monoisotopic (exact) mass is 444 g/mol. The molecular formula is C8H7F13NO3S-. The van der Waals surface area contributed by atoms with E-state index in [0.29, 0.717) is 0 Å². The number of hydrogen-bond acceptors (Lipinski definition) is 4. The largest absolute Gasteiger partial charge is 0.750 e. The lowest BCUT2D eigenvalue weighted by Crippen LogP contribution is -2.70. The Kier molecular flexibility index (Phi) is 8.02. The van der Waals surface area contributed by atoms with Crippen LogP contribution in [0, 0.1) is 0 Å². The van der Waals surface area contributed by atoms with E-state index in [9.17, 15) is 65.8 Å². The van der Waals surface area contributed by atoms with Crippen LogP contribution in [0.25, 0.3) is 0 Å². The average Bonchev–Trinajstić information content (AvgIpc) is 2.35. The van der Waals surface area contributed by atoms with Gasteiger partial charge in [-0.15, -0.1) is 0 Å². The fourth-order valence-electron chi connectivity index (χ4n) is 1.20. The summed E-state index contributed by atoms with van der Waals surface area (Å²) in [4.78, 5) is 0. The molecule has 1 atom stereocenters. The molecule has 0 aromatic heterocycles. The van der Waals surface area contributed by atoms with E-state index in [0.717, 1.165) is 0 Å². The maximum Gasteiger partial charge on any atom is 0.460 e. The Morgan fingerprint density at radius 1 is 0.692 bits per heavy atom. The lowest BCUT2D eigenvalue weighted by molar-refractivity contribution is -0.440. The summed E-state index contributed by atoms with van der Waals surface area (Å²) in [6.45, 7) is -1.99. The Morgan fingerprint density at radius 3 is 1.35 bits per heavy atom. The van der Waals surface area contributed by atoms with Crippen LogP contribution in [-0.2, 0) is 15.5 Å². The van der Waals surface area contributed by atoms with E-state index in [-0.39, 0.29) is 6.15 Å². The van der Waals surface area contributed by atoms with Crippen molar-refractivity contribution in [1.29, 1.82) is 0 Å². The molecule has 0 saturated heterocycles. The summed E-state index contributed by atoms with van der Waals surface area (Å²) in [7, 11) is 0. The zero-order chi connectivity index (χ0) is 20.7. The molecule has 0 radical (unpaired) electrons. The molecule has 0 heterocycles. The lowest BCUT2D eigenvalue weighted by atomic mass is 9.93. The van der Waals surface area contributed by atoms with E-state index >= 15 is 0 Å². The van der Waals surface area contributed by atoms with Crippen LogP contribution in [0.4, 0.5) is 57.1 Å². The second-order valence-corrected chi connectivity index (χ2v) is 4.92. The minimum atomic E-state index is -7.98. The van der Waals surface area contributed by atoms with Gasteiger partial charge in [0.2, 0.25) is 0 Å². The molecule has 0 fully saturated rings. The molecule has 160 valence electrons. The molecule has 0 aliphatic rings. The molecule has 0 saturated carbocycles. The molecule has 26 heavy (non-hydrogen) atoms. The summed E-state index contributed by atoms with van der Waals surface area (Å²) in [5, 5.41) is 0. The first-order chi connectivity index (χ1) is 10.7. The average molecular weight is 444 g/mol. The third-order valence-corrected chi connectivity index (χ3v) is 2.95. The van der Waals surface area contributed by atoms with Crippen molar-refractivity contribution in [2.45, 2.75) is 42.2 Å². The Balaban J connectivity index is 0. The van der Waals surface area contributed by atoms with Gasteiger partial charge in [0.1, 0.15) is 0 Å². The van der Waals surface area contributed by atoms with Gasteiger partial charge in [-0.25, -0.2) is 4.21 Å². The summed E-state index contributed by atoms with van der Waals surface area (Å²) < 4.78 is 186. The standard InChI is InChI=1S/C8H5F13O3S.H3N/c9-3(10,1-2-24-25(22)23)4(11,12)5(13,14)6(15,16)7(17,18)8(19,20)21;/h1-2H2,(H,22,23);1H3/p-1. The molecule has 18 heteroatoms. The Morgan fingerprint density at radius 2 is 1.04 bits per heavy atom. The Bertz CT molecular complexity index is 506. The van der Waals surface area contributed by atoms with Gasteiger partial charge < -0.3 is 14.9 Å². The minimum absolute atomic E-state index is 0. The summed E-state index contributed by atoms with van der Waals surface area (Å²) in [5.41, 5.74) is 0. The van der Waals surface area contributed by atoms with Crippen LogP contribution in [0.5, 0.6) is 0 Å². The second kappa shape index (κ2) is 7.63. The number of hydrogen-bond donors (Lipinski definition) is 1. The lowest BCUT2D eigenvalue weighted by Gasteiger charge is -2.39. The first-order valence-corrected chi connectivity index (χ1v) is 6.35. The fourth-order valence-corrected chi connectivity index (χ4v) is 1.42. The highest BCUT2D eigenvalue weighted by molar-refractivity contribution is 7.74. The minimum Gasteiger partial charge on any atom is -0.750 e. The van der Waals surface area contributed by atoms with Gasteiger partial charge in [0.05, 0.1) is 18.0 Å². The third kappa shape index (κ3) is 4.33. The van der Waals surface area contributed by atoms with E-state index in [1.54, 1.807) is 0 Å². The molecule has 0 aromatic carbocycles. The first kappa shape index (κ1) is 27.3. The highest BCUT2D eigenvalue weighted by atomic mass is 32.2. The van der Waals surface area contributed by atoms with Crippen molar-refractivity contribution in [2.75, 3.05) is 6.61 Å². The van der Waals surface area contributed by atoms with Crippen molar-refractivity contribution in [2.24, 2.45) is 0 Å².